The fourth-order valence-electron chi connectivity index (χ4n) is 5.65. The second-order valence-electron chi connectivity index (χ2n) is 8.69. The minimum absolute atomic E-state index is 0.0242. The van der Waals surface area contributed by atoms with Gasteiger partial charge in [0.2, 0.25) is 0 Å². The number of amides is 1. The van der Waals surface area contributed by atoms with Crippen LogP contribution in [-0.2, 0) is 14.6 Å². The molecule has 1 aromatic rings. The third-order valence-electron chi connectivity index (χ3n) is 6.36. The van der Waals surface area contributed by atoms with Crippen molar-refractivity contribution in [2.75, 3.05) is 6.26 Å². The molecule has 0 unspecified atom stereocenters. The van der Waals surface area contributed by atoms with E-state index in [1.807, 2.05) is 0 Å². The minimum Gasteiger partial charge on any atom is -0.481 e. The number of sulfone groups is 1. The van der Waals surface area contributed by atoms with E-state index in [9.17, 15) is 13.2 Å². The molecule has 1 amide bonds. The molecule has 4 fully saturated rings. The van der Waals surface area contributed by atoms with Gasteiger partial charge in [0.1, 0.15) is 5.75 Å². The van der Waals surface area contributed by atoms with E-state index in [0.717, 1.165) is 37.0 Å². The quantitative estimate of drug-likeness (QED) is 0.856. The van der Waals surface area contributed by atoms with E-state index in [2.05, 4.69) is 5.32 Å². The van der Waals surface area contributed by atoms with Gasteiger partial charge in [-0.05, 0) is 87.5 Å². The lowest BCUT2D eigenvalue weighted by Gasteiger charge is -2.57. The fraction of sp³-hybridized carbons (Fsp3) is 0.650. The highest BCUT2D eigenvalue weighted by Gasteiger charge is 2.51. The van der Waals surface area contributed by atoms with Crippen molar-refractivity contribution in [3.63, 3.8) is 0 Å². The molecule has 0 spiro atoms. The largest absolute Gasteiger partial charge is 0.481 e. The Hall–Kier alpha value is -1.56. The van der Waals surface area contributed by atoms with Crippen LogP contribution in [0.2, 0.25) is 0 Å². The molecule has 4 bridgehead atoms. The molecule has 0 heterocycles. The van der Waals surface area contributed by atoms with Crippen LogP contribution in [0.3, 0.4) is 0 Å². The highest BCUT2D eigenvalue weighted by Crippen LogP contribution is 2.55. The van der Waals surface area contributed by atoms with Crippen molar-refractivity contribution in [3.8, 4) is 5.75 Å². The lowest BCUT2D eigenvalue weighted by molar-refractivity contribution is -0.133. The fourth-order valence-corrected chi connectivity index (χ4v) is 6.28. The van der Waals surface area contributed by atoms with E-state index < -0.39 is 15.9 Å². The summed E-state index contributed by atoms with van der Waals surface area (Å²) < 4.78 is 28.8. The number of hydrogen-bond donors (Lipinski definition) is 1. The van der Waals surface area contributed by atoms with Crippen LogP contribution in [0, 0.1) is 17.8 Å². The monoisotopic (exact) mass is 377 g/mol. The molecule has 0 aromatic heterocycles. The second kappa shape index (κ2) is 6.25. The van der Waals surface area contributed by atoms with Gasteiger partial charge in [0, 0.05) is 11.8 Å². The lowest BCUT2D eigenvalue weighted by atomic mass is 9.53. The standard InChI is InChI=1S/C20H27NO4S/c1-13(25-17-3-5-18(6-4-17)26(2,23)24)19(22)21-20-10-14-7-15(11-20)9-16(8-14)12-20/h3-6,13-16H,7-12H2,1-2H3,(H,21,22)/t13-,14?,15?,16?,20?/m1/s1. The minimum atomic E-state index is -3.23. The Balaban J connectivity index is 1.39. The summed E-state index contributed by atoms with van der Waals surface area (Å²) in [4.78, 5) is 13.0. The highest BCUT2D eigenvalue weighted by atomic mass is 32.2. The Morgan fingerprint density at radius 1 is 1.08 bits per heavy atom. The van der Waals surface area contributed by atoms with Gasteiger partial charge < -0.3 is 10.1 Å². The molecule has 5 nitrogen and oxygen atoms in total. The van der Waals surface area contributed by atoms with Crippen molar-refractivity contribution in [1.29, 1.82) is 0 Å². The van der Waals surface area contributed by atoms with Crippen LogP contribution in [0.25, 0.3) is 0 Å². The molecular weight excluding hydrogens is 350 g/mol. The number of benzene rings is 1. The first kappa shape index (κ1) is 17.8. The average molecular weight is 378 g/mol. The van der Waals surface area contributed by atoms with Crippen molar-refractivity contribution in [3.05, 3.63) is 24.3 Å². The predicted molar refractivity (Wildman–Crippen MR) is 98.7 cm³/mol. The molecule has 26 heavy (non-hydrogen) atoms. The van der Waals surface area contributed by atoms with Gasteiger partial charge in [-0.2, -0.15) is 0 Å². The Bertz CT molecular complexity index is 764. The van der Waals surface area contributed by atoms with Crippen LogP contribution in [0.4, 0.5) is 0 Å². The molecule has 6 heteroatoms. The molecule has 1 N–H and O–H groups in total. The second-order valence-corrected chi connectivity index (χ2v) is 10.7. The zero-order valence-electron chi connectivity index (χ0n) is 15.4. The van der Waals surface area contributed by atoms with E-state index in [0.29, 0.717) is 5.75 Å². The molecule has 1 aromatic carbocycles. The Morgan fingerprint density at radius 3 is 2.04 bits per heavy atom. The molecule has 142 valence electrons. The molecule has 0 saturated heterocycles. The summed E-state index contributed by atoms with van der Waals surface area (Å²) in [5.41, 5.74) is -0.0242. The maximum atomic E-state index is 12.7. The molecule has 1 atom stereocenters. The van der Waals surface area contributed by atoms with Gasteiger partial charge in [-0.1, -0.05) is 0 Å². The summed E-state index contributed by atoms with van der Waals surface area (Å²) in [7, 11) is -3.23. The van der Waals surface area contributed by atoms with Crippen molar-refractivity contribution >= 4 is 15.7 Å². The van der Waals surface area contributed by atoms with Crippen LogP contribution in [0.1, 0.15) is 45.4 Å². The van der Waals surface area contributed by atoms with Gasteiger partial charge in [0.05, 0.1) is 4.90 Å². The van der Waals surface area contributed by atoms with Gasteiger partial charge >= 0.3 is 0 Å². The summed E-state index contributed by atoms with van der Waals surface area (Å²) in [5.74, 6) is 2.77. The van der Waals surface area contributed by atoms with Gasteiger partial charge in [0.25, 0.3) is 5.91 Å². The Labute approximate surface area is 155 Å². The van der Waals surface area contributed by atoms with Gasteiger partial charge in [-0.15, -0.1) is 0 Å². The number of carbonyl (C=O) groups excluding carboxylic acids is 1. The molecular formula is C20H27NO4S. The summed E-state index contributed by atoms with van der Waals surface area (Å²) in [6, 6.07) is 6.22. The smallest absolute Gasteiger partial charge is 0.261 e. The van der Waals surface area contributed by atoms with Crippen LogP contribution in [0.15, 0.2) is 29.2 Å². The third-order valence-corrected chi connectivity index (χ3v) is 7.49. The molecule has 0 radical (unpaired) electrons. The maximum Gasteiger partial charge on any atom is 0.261 e. The number of ether oxygens (including phenoxy) is 1. The summed E-state index contributed by atoms with van der Waals surface area (Å²) >= 11 is 0. The van der Waals surface area contributed by atoms with Crippen molar-refractivity contribution < 1.29 is 17.9 Å². The van der Waals surface area contributed by atoms with Crippen molar-refractivity contribution in [1.82, 2.24) is 5.32 Å². The van der Waals surface area contributed by atoms with E-state index in [1.165, 1.54) is 37.7 Å². The lowest BCUT2D eigenvalue weighted by Crippen LogP contribution is -2.61. The van der Waals surface area contributed by atoms with Crippen molar-refractivity contribution in [2.24, 2.45) is 17.8 Å². The molecule has 5 rings (SSSR count). The zero-order valence-corrected chi connectivity index (χ0v) is 16.2. The van der Waals surface area contributed by atoms with E-state index in [1.54, 1.807) is 19.1 Å². The van der Waals surface area contributed by atoms with E-state index in [-0.39, 0.29) is 16.3 Å². The molecule has 4 aliphatic rings. The van der Waals surface area contributed by atoms with Gasteiger partial charge in [-0.3, -0.25) is 4.79 Å². The summed E-state index contributed by atoms with van der Waals surface area (Å²) in [6.07, 6.45) is 7.92. The first-order valence-electron chi connectivity index (χ1n) is 9.51. The van der Waals surface area contributed by atoms with E-state index >= 15 is 0 Å². The normalized spacial score (nSPS) is 33.7. The molecule has 0 aliphatic heterocycles. The number of nitrogens with one attached hydrogen (secondary N) is 1. The SMILES string of the molecule is C[C@@H](Oc1ccc(S(C)(=O)=O)cc1)C(=O)NC12CC3CC(CC(C3)C1)C2. The predicted octanol–water partition coefficient (Wildman–Crippen LogP) is 2.94. The first-order chi connectivity index (χ1) is 12.2. The maximum absolute atomic E-state index is 12.7. The number of hydrogen-bond acceptors (Lipinski definition) is 4. The van der Waals surface area contributed by atoms with Crippen LogP contribution < -0.4 is 10.1 Å². The Morgan fingerprint density at radius 2 is 1.58 bits per heavy atom. The number of carbonyl (C=O) groups is 1. The molecule has 4 saturated carbocycles. The zero-order chi connectivity index (χ0) is 18.5. The van der Waals surface area contributed by atoms with E-state index in [4.69, 9.17) is 4.74 Å². The first-order valence-corrected chi connectivity index (χ1v) is 11.4. The van der Waals surface area contributed by atoms with Crippen molar-refractivity contribution in [2.45, 2.75) is 62.0 Å². The third kappa shape index (κ3) is 3.48. The van der Waals surface area contributed by atoms with Crippen LogP contribution >= 0.6 is 0 Å². The van der Waals surface area contributed by atoms with Crippen LogP contribution in [0.5, 0.6) is 5.75 Å². The average Bonchev–Trinajstić information content (AvgIpc) is 2.52. The summed E-state index contributed by atoms with van der Waals surface area (Å²) in [5, 5.41) is 3.32. The number of rotatable bonds is 5. The molecule has 4 aliphatic carbocycles. The van der Waals surface area contributed by atoms with Gasteiger partial charge in [-0.25, -0.2) is 8.42 Å². The van der Waals surface area contributed by atoms with Gasteiger partial charge in [0.15, 0.2) is 15.9 Å². The Kier molecular flexibility index (Phi) is 4.29. The topological polar surface area (TPSA) is 72.5 Å². The highest BCUT2D eigenvalue weighted by molar-refractivity contribution is 7.90. The van der Waals surface area contributed by atoms with Crippen LogP contribution in [-0.4, -0.2) is 32.2 Å². The summed E-state index contributed by atoms with van der Waals surface area (Å²) in [6.45, 7) is 1.75.